The number of amides is 1. The van der Waals surface area contributed by atoms with Crippen molar-refractivity contribution in [2.24, 2.45) is 5.92 Å². The molecule has 0 atom stereocenters. The highest BCUT2D eigenvalue weighted by Crippen LogP contribution is 2.18. The van der Waals surface area contributed by atoms with Gasteiger partial charge in [-0.25, -0.2) is 4.98 Å². The van der Waals surface area contributed by atoms with Crippen molar-refractivity contribution in [3.05, 3.63) is 53.0 Å². The van der Waals surface area contributed by atoms with Gasteiger partial charge in [-0.2, -0.15) is 0 Å². The molecule has 1 saturated heterocycles. The minimum atomic E-state index is -0.206. The van der Waals surface area contributed by atoms with Gasteiger partial charge in [0.25, 0.3) is 5.56 Å². The molecule has 3 heterocycles. The van der Waals surface area contributed by atoms with Crippen molar-refractivity contribution in [2.45, 2.75) is 13.5 Å². The second-order valence-corrected chi connectivity index (χ2v) is 5.66. The summed E-state index contributed by atoms with van der Waals surface area (Å²) in [6, 6.07) is 5.10. The number of aryl methyl sites for hydroxylation is 1. The largest absolute Gasteiger partial charge is 0.492 e. The number of ether oxygens (including phenoxy) is 1. The molecule has 0 aliphatic carbocycles. The third-order valence-corrected chi connectivity index (χ3v) is 3.75. The second kappa shape index (κ2) is 6.60. The molecule has 2 aromatic rings. The topological polar surface area (TPSA) is 77.3 Å². The number of carbonyl (C=O) groups excluding carboxylic acids is 1. The molecule has 120 valence electrons. The van der Waals surface area contributed by atoms with Crippen LogP contribution in [-0.4, -0.2) is 45.0 Å². The summed E-state index contributed by atoms with van der Waals surface area (Å²) in [6.07, 6.45) is 4.77. The van der Waals surface area contributed by atoms with Crippen molar-refractivity contribution in [1.29, 1.82) is 0 Å². The number of rotatable bonds is 5. The van der Waals surface area contributed by atoms with Crippen LogP contribution in [0.15, 0.2) is 41.7 Å². The van der Waals surface area contributed by atoms with Crippen molar-refractivity contribution >= 4 is 5.91 Å². The SMILES string of the molecule is Cc1cc(=O)n(CC(=O)N2CC(COc3cccnc3)C2)cn1. The molecule has 1 aliphatic heterocycles. The minimum Gasteiger partial charge on any atom is -0.492 e. The van der Waals surface area contributed by atoms with Gasteiger partial charge in [0.1, 0.15) is 12.3 Å². The van der Waals surface area contributed by atoms with Crippen LogP contribution >= 0.6 is 0 Å². The summed E-state index contributed by atoms with van der Waals surface area (Å²) in [5, 5.41) is 0. The third-order valence-electron chi connectivity index (χ3n) is 3.75. The number of hydrogen-bond acceptors (Lipinski definition) is 5. The maximum atomic E-state index is 12.1. The Balaban J connectivity index is 1.45. The normalized spacial score (nSPS) is 14.4. The average molecular weight is 314 g/mol. The summed E-state index contributed by atoms with van der Waals surface area (Å²) in [4.78, 5) is 33.6. The summed E-state index contributed by atoms with van der Waals surface area (Å²) in [5.41, 5.74) is 0.443. The standard InChI is InChI=1S/C16H18N4O3/c1-12-5-15(21)20(11-18-12)9-16(22)19-7-13(8-19)10-23-14-3-2-4-17-6-14/h2-6,11,13H,7-10H2,1H3. The summed E-state index contributed by atoms with van der Waals surface area (Å²) in [7, 11) is 0. The van der Waals surface area contributed by atoms with Crippen LogP contribution in [0.4, 0.5) is 0 Å². The molecular formula is C16H18N4O3. The Morgan fingerprint density at radius 2 is 2.26 bits per heavy atom. The van der Waals surface area contributed by atoms with E-state index in [1.165, 1.54) is 17.0 Å². The van der Waals surface area contributed by atoms with Crippen molar-refractivity contribution in [1.82, 2.24) is 19.4 Å². The molecular weight excluding hydrogens is 296 g/mol. The molecule has 1 fully saturated rings. The first-order valence-electron chi connectivity index (χ1n) is 7.45. The monoisotopic (exact) mass is 314 g/mol. The molecule has 0 bridgehead atoms. The van der Waals surface area contributed by atoms with Gasteiger partial charge in [-0.05, 0) is 19.1 Å². The zero-order valence-corrected chi connectivity index (χ0v) is 12.9. The Morgan fingerprint density at radius 3 is 2.96 bits per heavy atom. The van der Waals surface area contributed by atoms with Crippen LogP contribution in [0.1, 0.15) is 5.69 Å². The lowest BCUT2D eigenvalue weighted by atomic mass is 10.0. The van der Waals surface area contributed by atoms with E-state index in [0.717, 1.165) is 5.75 Å². The Morgan fingerprint density at radius 1 is 1.43 bits per heavy atom. The molecule has 0 saturated carbocycles. The Kier molecular flexibility index (Phi) is 4.36. The van der Waals surface area contributed by atoms with E-state index in [1.54, 1.807) is 24.2 Å². The predicted molar refractivity (Wildman–Crippen MR) is 83.0 cm³/mol. The van der Waals surface area contributed by atoms with Crippen LogP contribution < -0.4 is 10.3 Å². The van der Waals surface area contributed by atoms with E-state index in [0.29, 0.717) is 31.3 Å². The Hall–Kier alpha value is -2.70. The van der Waals surface area contributed by atoms with E-state index >= 15 is 0 Å². The smallest absolute Gasteiger partial charge is 0.253 e. The first-order valence-corrected chi connectivity index (χ1v) is 7.45. The molecule has 23 heavy (non-hydrogen) atoms. The molecule has 7 nitrogen and oxygen atoms in total. The second-order valence-electron chi connectivity index (χ2n) is 5.66. The van der Waals surface area contributed by atoms with E-state index in [1.807, 2.05) is 12.1 Å². The maximum Gasteiger partial charge on any atom is 0.253 e. The molecule has 3 rings (SSSR count). The predicted octanol–water partition coefficient (Wildman–Crippen LogP) is 0.484. The number of carbonyl (C=O) groups is 1. The number of nitrogens with zero attached hydrogens (tertiary/aromatic N) is 4. The molecule has 0 N–H and O–H groups in total. The van der Waals surface area contributed by atoms with Gasteiger partial charge < -0.3 is 9.64 Å². The number of pyridine rings is 1. The molecule has 0 aromatic carbocycles. The van der Waals surface area contributed by atoms with Gasteiger partial charge in [0.2, 0.25) is 5.91 Å². The van der Waals surface area contributed by atoms with Gasteiger partial charge in [0.15, 0.2) is 0 Å². The Labute approximate surface area is 133 Å². The molecule has 1 amide bonds. The molecule has 2 aromatic heterocycles. The zero-order valence-electron chi connectivity index (χ0n) is 12.9. The fourth-order valence-corrected chi connectivity index (χ4v) is 2.41. The molecule has 1 aliphatic rings. The highest BCUT2D eigenvalue weighted by molar-refractivity contribution is 5.76. The van der Waals surface area contributed by atoms with Gasteiger partial charge in [0, 0.05) is 37.0 Å². The lowest BCUT2D eigenvalue weighted by molar-refractivity contribution is -0.138. The summed E-state index contributed by atoms with van der Waals surface area (Å²) >= 11 is 0. The first kappa shape index (κ1) is 15.2. The fraction of sp³-hybridized carbons (Fsp3) is 0.375. The zero-order chi connectivity index (χ0) is 16.2. The van der Waals surface area contributed by atoms with Crippen LogP contribution in [-0.2, 0) is 11.3 Å². The third kappa shape index (κ3) is 3.74. The fourth-order valence-electron chi connectivity index (χ4n) is 2.41. The van der Waals surface area contributed by atoms with Gasteiger partial charge in [0.05, 0.1) is 19.1 Å². The highest BCUT2D eigenvalue weighted by atomic mass is 16.5. The van der Waals surface area contributed by atoms with Crippen LogP contribution in [0.3, 0.4) is 0 Å². The quantitative estimate of drug-likeness (QED) is 0.802. The first-order chi connectivity index (χ1) is 11.1. The molecule has 7 heteroatoms. The molecule has 0 spiro atoms. The molecule has 0 unspecified atom stereocenters. The van der Waals surface area contributed by atoms with Gasteiger partial charge in [-0.3, -0.25) is 19.1 Å². The van der Waals surface area contributed by atoms with Crippen LogP contribution in [0.25, 0.3) is 0 Å². The van der Waals surface area contributed by atoms with Crippen LogP contribution in [0, 0.1) is 12.8 Å². The van der Waals surface area contributed by atoms with Gasteiger partial charge >= 0.3 is 0 Å². The summed E-state index contributed by atoms with van der Waals surface area (Å²) < 4.78 is 6.95. The minimum absolute atomic E-state index is 0.0301. The van der Waals surface area contributed by atoms with Crippen molar-refractivity contribution in [3.8, 4) is 5.75 Å². The van der Waals surface area contributed by atoms with Gasteiger partial charge in [-0.15, -0.1) is 0 Å². The Bertz CT molecular complexity index is 738. The van der Waals surface area contributed by atoms with Crippen LogP contribution in [0.5, 0.6) is 5.75 Å². The van der Waals surface area contributed by atoms with E-state index in [-0.39, 0.29) is 18.0 Å². The maximum absolute atomic E-state index is 12.1. The van der Waals surface area contributed by atoms with E-state index in [2.05, 4.69) is 9.97 Å². The summed E-state index contributed by atoms with van der Waals surface area (Å²) in [5.74, 6) is 0.969. The number of likely N-dealkylation sites (tertiary alicyclic amines) is 1. The molecule has 0 radical (unpaired) electrons. The average Bonchev–Trinajstić information content (AvgIpc) is 2.49. The lowest BCUT2D eigenvalue weighted by Gasteiger charge is -2.39. The van der Waals surface area contributed by atoms with Crippen molar-refractivity contribution < 1.29 is 9.53 Å². The number of hydrogen-bond donors (Lipinski definition) is 0. The van der Waals surface area contributed by atoms with Crippen molar-refractivity contribution in [3.63, 3.8) is 0 Å². The van der Waals surface area contributed by atoms with Crippen LogP contribution in [0.2, 0.25) is 0 Å². The summed E-state index contributed by atoms with van der Waals surface area (Å²) in [6.45, 7) is 3.62. The van der Waals surface area contributed by atoms with Crippen molar-refractivity contribution in [2.75, 3.05) is 19.7 Å². The van der Waals surface area contributed by atoms with E-state index in [9.17, 15) is 9.59 Å². The highest BCUT2D eigenvalue weighted by Gasteiger charge is 2.31. The van der Waals surface area contributed by atoms with E-state index in [4.69, 9.17) is 4.74 Å². The van der Waals surface area contributed by atoms with E-state index < -0.39 is 0 Å². The lowest BCUT2D eigenvalue weighted by Crippen LogP contribution is -2.53. The van der Waals surface area contributed by atoms with Gasteiger partial charge in [-0.1, -0.05) is 0 Å². The number of aromatic nitrogens is 3.